The molecule has 0 aliphatic rings. The van der Waals surface area contributed by atoms with E-state index in [9.17, 15) is 4.79 Å². The van der Waals surface area contributed by atoms with Crippen molar-refractivity contribution in [1.82, 2.24) is 4.98 Å². The normalized spacial score (nSPS) is 10.2. The molecule has 0 amide bonds. The van der Waals surface area contributed by atoms with Crippen LogP contribution in [0.15, 0.2) is 6.07 Å². The summed E-state index contributed by atoms with van der Waals surface area (Å²) in [5.41, 5.74) is 2.91. The van der Waals surface area contributed by atoms with Crippen molar-refractivity contribution in [2.75, 3.05) is 6.61 Å². The Balaban J connectivity index is 2.88. The van der Waals surface area contributed by atoms with Crippen LogP contribution >= 0.6 is 0 Å². The quantitative estimate of drug-likeness (QED) is 0.749. The van der Waals surface area contributed by atoms with Gasteiger partial charge in [-0.05, 0) is 31.4 Å². The van der Waals surface area contributed by atoms with Crippen molar-refractivity contribution in [2.45, 2.75) is 33.6 Å². The largest absolute Gasteiger partial charge is 0.461 e. The first kappa shape index (κ1) is 10.8. The van der Waals surface area contributed by atoms with Crippen LogP contribution in [0.25, 0.3) is 0 Å². The van der Waals surface area contributed by atoms with Gasteiger partial charge in [0.1, 0.15) is 5.69 Å². The Kier molecular flexibility index (Phi) is 3.74. The Labute approximate surface area is 84.5 Å². The monoisotopic (exact) mass is 195 g/mol. The van der Waals surface area contributed by atoms with E-state index >= 15 is 0 Å². The molecule has 0 saturated carbocycles. The Bertz CT molecular complexity index is 294. The minimum atomic E-state index is -0.262. The molecule has 0 fully saturated rings. The van der Waals surface area contributed by atoms with Gasteiger partial charge in [-0.2, -0.15) is 0 Å². The zero-order chi connectivity index (χ0) is 10.6. The maximum Gasteiger partial charge on any atom is 0.354 e. The highest BCUT2D eigenvalue weighted by Crippen LogP contribution is 2.13. The molecule has 1 rings (SSSR count). The first-order chi connectivity index (χ1) is 6.72. The molecule has 0 unspecified atom stereocenters. The van der Waals surface area contributed by atoms with Crippen molar-refractivity contribution < 1.29 is 9.53 Å². The number of rotatable bonds is 4. The Hall–Kier alpha value is -1.25. The van der Waals surface area contributed by atoms with Crippen molar-refractivity contribution in [2.24, 2.45) is 0 Å². The van der Waals surface area contributed by atoms with Gasteiger partial charge in [0.25, 0.3) is 0 Å². The van der Waals surface area contributed by atoms with Gasteiger partial charge in [-0.3, -0.25) is 0 Å². The van der Waals surface area contributed by atoms with Crippen molar-refractivity contribution in [3.05, 3.63) is 23.0 Å². The molecule has 14 heavy (non-hydrogen) atoms. The maximum atomic E-state index is 11.4. The van der Waals surface area contributed by atoms with Crippen LogP contribution < -0.4 is 0 Å². The number of nitrogens with one attached hydrogen (secondary N) is 1. The van der Waals surface area contributed by atoms with Crippen LogP contribution in [-0.2, 0) is 17.6 Å². The van der Waals surface area contributed by atoms with Gasteiger partial charge in [-0.25, -0.2) is 4.79 Å². The lowest BCUT2D eigenvalue weighted by Crippen LogP contribution is -2.04. The Morgan fingerprint density at radius 2 is 2.07 bits per heavy atom. The molecule has 78 valence electrons. The lowest BCUT2D eigenvalue weighted by atomic mass is 10.1. The van der Waals surface area contributed by atoms with Gasteiger partial charge in [-0.15, -0.1) is 0 Å². The number of esters is 1. The second-order valence-corrected chi connectivity index (χ2v) is 3.11. The van der Waals surface area contributed by atoms with Crippen molar-refractivity contribution >= 4 is 5.97 Å². The van der Waals surface area contributed by atoms with E-state index in [1.54, 1.807) is 0 Å². The van der Waals surface area contributed by atoms with E-state index in [1.165, 1.54) is 5.56 Å². The van der Waals surface area contributed by atoms with E-state index < -0.39 is 0 Å². The van der Waals surface area contributed by atoms with Crippen LogP contribution in [0.1, 0.15) is 42.5 Å². The summed E-state index contributed by atoms with van der Waals surface area (Å²) in [7, 11) is 0. The lowest BCUT2D eigenvalue weighted by molar-refractivity contribution is 0.0520. The molecule has 1 aromatic rings. The number of ether oxygens (including phenoxy) is 1. The summed E-state index contributed by atoms with van der Waals surface area (Å²) in [6.45, 7) is 6.38. The maximum absolute atomic E-state index is 11.4. The molecule has 1 aromatic heterocycles. The molecule has 0 aromatic carbocycles. The molecule has 0 saturated heterocycles. The van der Waals surface area contributed by atoms with Gasteiger partial charge >= 0.3 is 5.97 Å². The number of hydrogen-bond acceptors (Lipinski definition) is 2. The van der Waals surface area contributed by atoms with Gasteiger partial charge in [0.05, 0.1) is 6.61 Å². The predicted molar refractivity (Wildman–Crippen MR) is 55.5 cm³/mol. The predicted octanol–water partition coefficient (Wildman–Crippen LogP) is 2.32. The summed E-state index contributed by atoms with van der Waals surface area (Å²) in [5, 5.41) is 0. The van der Waals surface area contributed by atoms with Crippen LogP contribution in [0.2, 0.25) is 0 Å². The van der Waals surface area contributed by atoms with Crippen LogP contribution in [-0.4, -0.2) is 17.6 Å². The standard InChI is InChI=1S/C11H17NO2/c1-4-8-7-10(11(13)14-6-3)12-9(8)5-2/h7,12H,4-6H2,1-3H3. The third kappa shape index (κ3) is 2.16. The summed E-state index contributed by atoms with van der Waals surface area (Å²) in [6.07, 6.45) is 1.86. The summed E-state index contributed by atoms with van der Waals surface area (Å²) >= 11 is 0. The number of hydrogen-bond donors (Lipinski definition) is 1. The van der Waals surface area contributed by atoms with Crippen molar-refractivity contribution in [3.8, 4) is 0 Å². The summed E-state index contributed by atoms with van der Waals surface area (Å²) in [5.74, 6) is -0.262. The highest BCUT2D eigenvalue weighted by molar-refractivity contribution is 5.87. The number of carbonyl (C=O) groups is 1. The molecular formula is C11H17NO2. The average Bonchev–Trinajstić information content (AvgIpc) is 2.61. The van der Waals surface area contributed by atoms with Crippen molar-refractivity contribution in [3.63, 3.8) is 0 Å². The molecule has 3 heteroatoms. The van der Waals surface area contributed by atoms with E-state index in [1.807, 2.05) is 13.0 Å². The van der Waals surface area contributed by atoms with E-state index in [0.717, 1.165) is 18.5 Å². The fourth-order valence-corrected chi connectivity index (χ4v) is 1.49. The van der Waals surface area contributed by atoms with E-state index in [2.05, 4.69) is 18.8 Å². The summed E-state index contributed by atoms with van der Waals surface area (Å²) in [4.78, 5) is 14.5. The average molecular weight is 195 g/mol. The lowest BCUT2D eigenvalue weighted by Gasteiger charge is -1.97. The van der Waals surface area contributed by atoms with Gasteiger partial charge in [0.15, 0.2) is 0 Å². The van der Waals surface area contributed by atoms with Gasteiger partial charge in [0.2, 0.25) is 0 Å². The van der Waals surface area contributed by atoms with Gasteiger partial charge in [0, 0.05) is 5.69 Å². The van der Waals surface area contributed by atoms with Crippen LogP contribution in [0, 0.1) is 0 Å². The van der Waals surface area contributed by atoms with E-state index in [0.29, 0.717) is 12.3 Å². The van der Waals surface area contributed by atoms with Crippen LogP contribution in [0.4, 0.5) is 0 Å². The fraction of sp³-hybridized carbons (Fsp3) is 0.545. The molecule has 3 nitrogen and oxygen atoms in total. The number of aromatic nitrogens is 1. The topological polar surface area (TPSA) is 42.1 Å². The molecular weight excluding hydrogens is 178 g/mol. The second-order valence-electron chi connectivity index (χ2n) is 3.11. The van der Waals surface area contributed by atoms with Gasteiger partial charge < -0.3 is 9.72 Å². The first-order valence-electron chi connectivity index (χ1n) is 5.10. The molecule has 0 atom stereocenters. The summed E-state index contributed by atoms with van der Waals surface area (Å²) < 4.78 is 4.92. The Morgan fingerprint density at radius 1 is 1.36 bits per heavy atom. The fourth-order valence-electron chi connectivity index (χ4n) is 1.49. The van der Waals surface area contributed by atoms with E-state index in [4.69, 9.17) is 4.74 Å². The van der Waals surface area contributed by atoms with Crippen LogP contribution in [0.3, 0.4) is 0 Å². The third-order valence-electron chi connectivity index (χ3n) is 2.22. The van der Waals surface area contributed by atoms with E-state index in [-0.39, 0.29) is 5.97 Å². The van der Waals surface area contributed by atoms with Crippen LogP contribution in [0.5, 0.6) is 0 Å². The molecule has 0 aliphatic heterocycles. The number of aromatic amines is 1. The highest BCUT2D eigenvalue weighted by atomic mass is 16.5. The molecule has 0 aliphatic carbocycles. The SMILES string of the molecule is CCOC(=O)c1cc(CC)c(CC)[nH]1. The zero-order valence-corrected chi connectivity index (χ0v) is 9.02. The molecule has 1 heterocycles. The number of carbonyl (C=O) groups excluding carboxylic acids is 1. The summed E-state index contributed by atoms with van der Waals surface area (Å²) in [6, 6.07) is 1.89. The third-order valence-corrected chi connectivity index (χ3v) is 2.22. The molecule has 0 radical (unpaired) electrons. The molecule has 1 N–H and O–H groups in total. The Morgan fingerprint density at radius 3 is 2.50 bits per heavy atom. The zero-order valence-electron chi connectivity index (χ0n) is 9.02. The van der Waals surface area contributed by atoms with Gasteiger partial charge in [-0.1, -0.05) is 13.8 Å². The minimum absolute atomic E-state index is 0.262. The minimum Gasteiger partial charge on any atom is -0.461 e. The molecule has 0 bridgehead atoms. The number of aryl methyl sites for hydroxylation is 2. The number of H-pyrrole nitrogens is 1. The second kappa shape index (κ2) is 4.84. The smallest absolute Gasteiger partial charge is 0.354 e. The highest BCUT2D eigenvalue weighted by Gasteiger charge is 2.12. The first-order valence-corrected chi connectivity index (χ1v) is 5.10. The molecule has 0 spiro atoms. The van der Waals surface area contributed by atoms with Crippen molar-refractivity contribution in [1.29, 1.82) is 0 Å².